The van der Waals surface area contributed by atoms with Gasteiger partial charge >= 0.3 is 12.2 Å². The smallest absolute Gasteiger partial charge is 0.407 e. The summed E-state index contributed by atoms with van der Waals surface area (Å²) in [5.41, 5.74) is 3.40. The minimum absolute atomic E-state index is 0. The number of hydrogen-bond donors (Lipinski definition) is 4. The Morgan fingerprint density at radius 3 is 1.38 bits per heavy atom. The van der Waals surface area contributed by atoms with E-state index in [0.717, 1.165) is 59.3 Å². The van der Waals surface area contributed by atoms with Gasteiger partial charge in [-0.25, -0.2) is 19.6 Å². The fourth-order valence-corrected chi connectivity index (χ4v) is 8.39. The lowest BCUT2D eigenvalue weighted by molar-refractivity contribution is -0.140. The SMILES string of the molecule is COC(=O)NC1(C(=O)N2CCCC2c2ncc(-c3ccc(-c4ccc(-c5cnc(C6CCCN6C(=O)C6(NC(=O)OC)CCOC6)[nH]5)cc4)cc3)[nH]2)CCOC1.Cl.Cl. The number of halogens is 2. The molecule has 16 nitrogen and oxygen atoms in total. The second-order valence-electron chi connectivity index (χ2n) is 14.8. The molecular weight excluding hydrogens is 791 g/mol. The van der Waals surface area contributed by atoms with Crippen LogP contribution in [0.25, 0.3) is 33.6 Å². The van der Waals surface area contributed by atoms with Gasteiger partial charge < -0.3 is 49.3 Å². The molecule has 2 aromatic heterocycles. The van der Waals surface area contributed by atoms with Gasteiger partial charge in [-0.3, -0.25) is 9.59 Å². The molecule has 0 bridgehead atoms. The zero-order valence-electron chi connectivity index (χ0n) is 32.3. The summed E-state index contributed by atoms with van der Waals surface area (Å²) in [5, 5.41) is 5.49. The van der Waals surface area contributed by atoms with Crippen LogP contribution >= 0.6 is 24.8 Å². The van der Waals surface area contributed by atoms with E-state index in [1.54, 1.807) is 22.2 Å². The Morgan fingerprint density at radius 1 is 0.655 bits per heavy atom. The lowest BCUT2D eigenvalue weighted by atomic mass is 9.96. The third-order valence-electron chi connectivity index (χ3n) is 11.5. The van der Waals surface area contributed by atoms with E-state index in [4.69, 9.17) is 18.9 Å². The number of hydrogen-bond acceptors (Lipinski definition) is 10. The average Bonchev–Trinajstić information content (AvgIpc) is 4.08. The molecule has 4 fully saturated rings. The van der Waals surface area contributed by atoms with Gasteiger partial charge in [0, 0.05) is 39.1 Å². The molecule has 0 spiro atoms. The Kier molecular flexibility index (Phi) is 13.0. The summed E-state index contributed by atoms with van der Waals surface area (Å²) >= 11 is 0. The molecule has 58 heavy (non-hydrogen) atoms. The Hall–Kier alpha value is -5.16. The van der Waals surface area contributed by atoms with Crippen LogP contribution in [-0.4, -0.2) is 119 Å². The zero-order valence-corrected chi connectivity index (χ0v) is 33.9. The first kappa shape index (κ1) is 42.4. The van der Waals surface area contributed by atoms with E-state index in [2.05, 4.69) is 54.8 Å². The van der Waals surface area contributed by atoms with Crippen LogP contribution in [0.1, 0.15) is 62.3 Å². The average molecular weight is 840 g/mol. The van der Waals surface area contributed by atoms with Crippen LogP contribution in [0, 0.1) is 0 Å². The van der Waals surface area contributed by atoms with E-state index >= 15 is 0 Å². The number of nitrogens with zero attached hydrogens (tertiary/aromatic N) is 4. The van der Waals surface area contributed by atoms with Gasteiger partial charge in [0.05, 0.1) is 63.3 Å². The molecular formula is C40H48Cl2N8O8. The van der Waals surface area contributed by atoms with Crippen molar-refractivity contribution >= 4 is 48.8 Å². The number of likely N-dealkylation sites (tertiary alicyclic amines) is 2. The highest BCUT2D eigenvalue weighted by molar-refractivity contribution is 5.92. The van der Waals surface area contributed by atoms with Crippen molar-refractivity contribution in [2.75, 3.05) is 53.7 Å². The predicted octanol–water partition coefficient (Wildman–Crippen LogP) is 5.33. The van der Waals surface area contributed by atoms with Gasteiger partial charge in [0.25, 0.3) is 11.8 Å². The minimum Gasteiger partial charge on any atom is -0.453 e. The second kappa shape index (κ2) is 17.8. The molecule has 4 atom stereocenters. The molecule has 0 saturated carbocycles. The molecule has 8 rings (SSSR count). The topological polar surface area (TPSA) is 193 Å². The standard InChI is InChI=1S/C40H46N8O8.2ClH/c1-53-37(51)45-39(15-19-55-23-39)35(49)47-17-3-5-31(47)33-41-21-29(43-33)27-11-7-25(8-12-27)26-9-13-28(14-10-26)30-22-42-34(44-30)32-6-4-18-48(32)36(50)40(16-20-56-24-40)46-38(52)54-2;;/h7-14,21-22,31-32H,3-6,15-20,23-24H2,1-2H3,(H,41,43)(H,42,44)(H,45,51)(H,46,52);2*1H. The number of rotatable bonds is 9. The largest absolute Gasteiger partial charge is 0.453 e. The van der Waals surface area contributed by atoms with Gasteiger partial charge in [0.1, 0.15) is 22.7 Å². The summed E-state index contributed by atoms with van der Waals surface area (Å²) < 4.78 is 20.7. The van der Waals surface area contributed by atoms with Gasteiger partial charge in [0.15, 0.2) is 0 Å². The third-order valence-corrected chi connectivity index (χ3v) is 11.5. The summed E-state index contributed by atoms with van der Waals surface area (Å²) in [6.07, 6.45) is 6.20. The van der Waals surface area contributed by atoms with E-state index in [-0.39, 0.29) is 61.9 Å². The Balaban J connectivity index is 0.00000283. The number of methoxy groups -OCH3 is 2. The number of nitrogens with one attached hydrogen (secondary N) is 4. The molecule has 310 valence electrons. The first-order valence-electron chi connectivity index (χ1n) is 19.0. The molecule has 4 saturated heterocycles. The normalized spacial score (nSPS) is 23.8. The summed E-state index contributed by atoms with van der Waals surface area (Å²) in [5.74, 6) is 1.04. The summed E-state index contributed by atoms with van der Waals surface area (Å²) in [6.45, 7) is 2.10. The molecule has 4 aliphatic rings. The van der Waals surface area contributed by atoms with Gasteiger partial charge in [-0.15, -0.1) is 24.8 Å². The molecule has 4 unspecified atom stereocenters. The van der Waals surface area contributed by atoms with Crippen molar-refractivity contribution in [3.63, 3.8) is 0 Å². The first-order valence-corrected chi connectivity index (χ1v) is 19.0. The minimum atomic E-state index is -1.15. The lowest BCUT2D eigenvalue weighted by Crippen LogP contribution is -2.60. The fourth-order valence-electron chi connectivity index (χ4n) is 8.39. The van der Waals surface area contributed by atoms with Crippen molar-refractivity contribution in [2.45, 2.75) is 61.7 Å². The maximum Gasteiger partial charge on any atom is 0.407 e. The number of aromatic nitrogens is 4. The first-order chi connectivity index (χ1) is 27.2. The maximum atomic E-state index is 13.8. The number of amides is 4. The van der Waals surface area contributed by atoms with E-state index in [0.29, 0.717) is 50.8 Å². The highest BCUT2D eigenvalue weighted by Gasteiger charge is 2.50. The summed E-state index contributed by atoms with van der Waals surface area (Å²) in [4.78, 5) is 71.8. The molecule has 0 radical (unpaired) electrons. The molecule has 4 amide bonds. The number of ether oxygens (including phenoxy) is 4. The van der Waals surface area contributed by atoms with Crippen LogP contribution in [0.5, 0.6) is 0 Å². The summed E-state index contributed by atoms with van der Waals surface area (Å²) in [6, 6.07) is 15.9. The molecule has 4 N–H and O–H groups in total. The number of benzene rings is 2. The van der Waals surface area contributed by atoms with Crippen molar-refractivity contribution in [3.8, 4) is 33.6 Å². The zero-order chi connectivity index (χ0) is 38.9. The van der Waals surface area contributed by atoms with Crippen LogP contribution in [0.4, 0.5) is 9.59 Å². The summed E-state index contributed by atoms with van der Waals surface area (Å²) in [7, 11) is 2.56. The second-order valence-corrected chi connectivity index (χ2v) is 14.8. The predicted molar refractivity (Wildman–Crippen MR) is 216 cm³/mol. The van der Waals surface area contributed by atoms with Crippen molar-refractivity contribution in [1.29, 1.82) is 0 Å². The molecule has 4 aromatic rings. The fraction of sp³-hybridized carbons (Fsp3) is 0.450. The lowest BCUT2D eigenvalue weighted by Gasteiger charge is -2.34. The number of H-pyrrole nitrogens is 2. The number of alkyl carbamates (subject to hydrolysis) is 2. The highest BCUT2D eigenvalue weighted by atomic mass is 35.5. The van der Waals surface area contributed by atoms with Crippen molar-refractivity contribution in [1.82, 2.24) is 40.4 Å². The van der Waals surface area contributed by atoms with E-state index < -0.39 is 23.3 Å². The monoisotopic (exact) mass is 838 g/mol. The van der Waals surface area contributed by atoms with Crippen LogP contribution in [0.3, 0.4) is 0 Å². The molecule has 6 heterocycles. The number of carbonyl (C=O) groups excluding carboxylic acids is 4. The Bertz CT molecular complexity index is 1930. The van der Waals surface area contributed by atoms with Gasteiger partial charge in [-0.05, 0) is 47.9 Å². The van der Waals surface area contributed by atoms with Crippen LogP contribution in [0.2, 0.25) is 0 Å². The molecule has 2 aromatic carbocycles. The molecule has 18 heteroatoms. The number of imidazole rings is 2. The van der Waals surface area contributed by atoms with E-state index in [1.165, 1.54) is 14.2 Å². The van der Waals surface area contributed by atoms with Crippen molar-refractivity contribution in [3.05, 3.63) is 72.6 Å². The van der Waals surface area contributed by atoms with Gasteiger partial charge in [0.2, 0.25) is 0 Å². The number of carbonyl (C=O) groups is 4. The molecule has 4 aliphatic heterocycles. The number of aromatic amines is 2. The quantitative estimate of drug-likeness (QED) is 0.171. The van der Waals surface area contributed by atoms with Gasteiger partial charge in [-0.2, -0.15) is 0 Å². The maximum absolute atomic E-state index is 13.8. The van der Waals surface area contributed by atoms with Crippen LogP contribution < -0.4 is 10.6 Å². The van der Waals surface area contributed by atoms with Crippen molar-refractivity contribution in [2.24, 2.45) is 0 Å². The van der Waals surface area contributed by atoms with Crippen LogP contribution in [-0.2, 0) is 28.5 Å². The van der Waals surface area contributed by atoms with Gasteiger partial charge in [-0.1, -0.05) is 48.5 Å². The van der Waals surface area contributed by atoms with Crippen LogP contribution in [0.15, 0.2) is 60.9 Å². The van der Waals surface area contributed by atoms with Crippen molar-refractivity contribution < 1.29 is 38.1 Å². The Labute approximate surface area is 347 Å². The Morgan fingerprint density at radius 2 is 1.03 bits per heavy atom. The molecule has 0 aliphatic carbocycles. The highest BCUT2D eigenvalue weighted by Crippen LogP contribution is 2.37. The van der Waals surface area contributed by atoms with E-state index in [9.17, 15) is 19.2 Å². The third kappa shape index (κ3) is 8.10. The van der Waals surface area contributed by atoms with E-state index in [1.807, 2.05) is 24.3 Å².